The first-order valence-electron chi connectivity index (χ1n) is 7.10. The summed E-state index contributed by atoms with van der Waals surface area (Å²) in [6.45, 7) is -3.01. The second-order valence-corrected chi connectivity index (χ2v) is 5.82. The number of halogens is 3. The molecular formula is C17H12BrF2NO4. The Morgan fingerprint density at radius 1 is 1.20 bits per heavy atom. The molecule has 0 atom stereocenters. The van der Waals surface area contributed by atoms with Crippen molar-refractivity contribution < 1.29 is 27.5 Å². The maximum Gasteiger partial charge on any atom is 0.387 e. The highest BCUT2D eigenvalue weighted by atomic mass is 79.9. The number of carbonyl (C=O) groups is 1. The van der Waals surface area contributed by atoms with E-state index in [1.54, 1.807) is 12.1 Å². The van der Waals surface area contributed by atoms with E-state index in [4.69, 9.17) is 9.15 Å². The summed E-state index contributed by atoms with van der Waals surface area (Å²) in [4.78, 5) is 12.3. The number of nitrogens with one attached hydrogen (secondary N) is 1. The Bertz CT molecular complexity index is 926. The molecule has 0 aliphatic carbocycles. The van der Waals surface area contributed by atoms with Crippen LogP contribution >= 0.6 is 15.9 Å². The summed E-state index contributed by atoms with van der Waals surface area (Å²) in [6, 6.07) is 11.2. The number of ether oxygens (including phenoxy) is 2. The molecule has 3 aromatic rings. The predicted octanol–water partition coefficient (Wildman–Crippen LogP) is 5.06. The van der Waals surface area contributed by atoms with Crippen LogP contribution in [0, 0.1) is 0 Å². The average Bonchev–Trinajstić information content (AvgIpc) is 3.00. The van der Waals surface area contributed by atoms with Gasteiger partial charge in [0.05, 0.1) is 11.6 Å². The SMILES string of the molecule is COc1ccc(NC(=O)c2cc3cccc(Br)c3o2)cc1OC(F)F. The van der Waals surface area contributed by atoms with Crippen LogP contribution in [-0.2, 0) is 0 Å². The Labute approximate surface area is 149 Å². The number of amides is 1. The zero-order chi connectivity index (χ0) is 18.0. The van der Waals surface area contributed by atoms with Crippen molar-refractivity contribution in [3.8, 4) is 11.5 Å². The molecule has 2 aromatic carbocycles. The monoisotopic (exact) mass is 411 g/mol. The van der Waals surface area contributed by atoms with E-state index in [9.17, 15) is 13.6 Å². The fraction of sp³-hybridized carbons (Fsp3) is 0.118. The lowest BCUT2D eigenvalue weighted by Crippen LogP contribution is -2.11. The van der Waals surface area contributed by atoms with Crippen LogP contribution < -0.4 is 14.8 Å². The third kappa shape index (κ3) is 3.74. The summed E-state index contributed by atoms with van der Waals surface area (Å²) in [5, 5.41) is 3.34. The number of rotatable bonds is 5. The molecule has 1 heterocycles. The van der Waals surface area contributed by atoms with Crippen LogP contribution in [0.4, 0.5) is 14.5 Å². The minimum atomic E-state index is -3.01. The fourth-order valence-corrected chi connectivity index (χ4v) is 2.74. The van der Waals surface area contributed by atoms with Crippen molar-refractivity contribution in [3.63, 3.8) is 0 Å². The first-order valence-corrected chi connectivity index (χ1v) is 7.89. The zero-order valence-corrected chi connectivity index (χ0v) is 14.5. The maximum absolute atomic E-state index is 12.5. The normalized spacial score (nSPS) is 10.9. The highest BCUT2D eigenvalue weighted by Gasteiger charge is 2.16. The standard InChI is InChI=1S/C17H12BrF2NO4/c1-23-12-6-5-10(8-13(12)25-17(19)20)21-16(22)14-7-9-3-2-4-11(18)15(9)24-14/h2-8,17H,1H3,(H,21,22). The first kappa shape index (κ1) is 17.2. The summed E-state index contributed by atoms with van der Waals surface area (Å²) >= 11 is 3.35. The van der Waals surface area contributed by atoms with E-state index in [1.807, 2.05) is 12.1 Å². The van der Waals surface area contributed by atoms with Gasteiger partial charge in [-0.25, -0.2) is 0 Å². The lowest BCUT2D eigenvalue weighted by atomic mass is 10.2. The van der Waals surface area contributed by atoms with E-state index in [0.29, 0.717) is 5.58 Å². The number of hydrogen-bond donors (Lipinski definition) is 1. The highest BCUT2D eigenvalue weighted by Crippen LogP contribution is 2.32. The quantitative estimate of drug-likeness (QED) is 0.637. The third-order valence-corrected chi connectivity index (χ3v) is 3.98. The Hall–Kier alpha value is -2.61. The molecule has 0 spiro atoms. The number of benzene rings is 2. The van der Waals surface area contributed by atoms with Gasteiger partial charge in [0.15, 0.2) is 17.3 Å². The highest BCUT2D eigenvalue weighted by molar-refractivity contribution is 9.10. The molecule has 0 fully saturated rings. The van der Waals surface area contributed by atoms with Crippen LogP contribution in [0.15, 0.2) is 51.4 Å². The van der Waals surface area contributed by atoms with Crippen molar-refractivity contribution in [3.05, 3.63) is 52.7 Å². The van der Waals surface area contributed by atoms with Crippen molar-refractivity contribution in [1.29, 1.82) is 0 Å². The number of alkyl halides is 2. The number of methoxy groups -OCH3 is 1. The number of carbonyl (C=O) groups excluding carboxylic acids is 1. The molecule has 25 heavy (non-hydrogen) atoms. The van der Waals surface area contributed by atoms with E-state index in [2.05, 4.69) is 26.0 Å². The van der Waals surface area contributed by atoms with Gasteiger partial charge < -0.3 is 19.2 Å². The van der Waals surface area contributed by atoms with Crippen molar-refractivity contribution in [2.45, 2.75) is 6.61 Å². The molecule has 8 heteroatoms. The Balaban J connectivity index is 1.85. The van der Waals surface area contributed by atoms with Gasteiger partial charge in [-0.05, 0) is 40.2 Å². The number of anilines is 1. The van der Waals surface area contributed by atoms with E-state index in [-0.39, 0.29) is 22.9 Å². The Kier molecular flexibility index (Phi) is 4.89. The molecule has 0 unspecified atom stereocenters. The molecule has 3 rings (SSSR count). The van der Waals surface area contributed by atoms with Gasteiger partial charge in [0.2, 0.25) is 0 Å². The minimum absolute atomic E-state index is 0.0917. The predicted molar refractivity (Wildman–Crippen MR) is 91.5 cm³/mol. The first-order chi connectivity index (χ1) is 12.0. The second kappa shape index (κ2) is 7.10. The molecule has 1 aromatic heterocycles. The van der Waals surface area contributed by atoms with Crippen LogP contribution in [0.2, 0.25) is 0 Å². The summed E-state index contributed by atoms with van der Waals surface area (Å²) in [5.74, 6) is -0.473. The molecule has 0 radical (unpaired) electrons. The van der Waals surface area contributed by atoms with Crippen molar-refractivity contribution in [1.82, 2.24) is 0 Å². The maximum atomic E-state index is 12.5. The summed E-state index contributed by atoms with van der Waals surface area (Å²) < 4.78 is 40.5. The van der Waals surface area contributed by atoms with Gasteiger partial charge in [-0.1, -0.05) is 12.1 Å². The molecule has 0 bridgehead atoms. The molecule has 1 N–H and O–H groups in total. The van der Waals surface area contributed by atoms with Gasteiger partial charge >= 0.3 is 6.61 Å². The number of para-hydroxylation sites is 1. The number of furan rings is 1. The van der Waals surface area contributed by atoms with Gasteiger partial charge in [-0.2, -0.15) is 8.78 Å². The van der Waals surface area contributed by atoms with Gasteiger partial charge in [-0.15, -0.1) is 0 Å². The molecule has 5 nitrogen and oxygen atoms in total. The molecule has 1 amide bonds. The van der Waals surface area contributed by atoms with Gasteiger partial charge in [0, 0.05) is 17.1 Å². The van der Waals surface area contributed by atoms with Crippen molar-refractivity contribution >= 4 is 38.5 Å². The fourth-order valence-electron chi connectivity index (χ4n) is 2.27. The minimum Gasteiger partial charge on any atom is -0.493 e. The molecule has 0 aliphatic heterocycles. The smallest absolute Gasteiger partial charge is 0.387 e. The van der Waals surface area contributed by atoms with Crippen LogP contribution in [0.1, 0.15) is 10.6 Å². The topological polar surface area (TPSA) is 60.7 Å². The van der Waals surface area contributed by atoms with Gasteiger partial charge in [0.1, 0.15) is 5.58 Å². The Morgan fingerprint density at radius 2 is 2.00 bits per heavy atom. The van der Waals surface area contributed by atoms with Crippen LogP contribution in [0.25, 0.3) is 11.0 Å². The second-order valence-electron chi connectivity index (χ2n) is 4.97. The summed E-state index contributed by atoms with van der Waals surface area (Å²) in [7, 11) is 1.33. The number of hydrogen-bond acceptors (Lipinski definition) is 4. The van der Waals surface area contributed by atoms with Gasteiger partial charge in [-0.3, -0.25) is 4.79 Å². The Morgan fingerprint density at radius 3 is 2.68 bits per heavy atom. The third-order valence-electron chi connectivity index (χ3n) is 3.36. The molecule has 0 saturated heterocycles. The molecule has 130 valence electrons. The summed E-state index contributed by atoms with van der Waals surface area (Å²) in [5.41, 5.74) is 0.810. The van der Waals surface area contributed by atoms with E-state index in [1.165, 1.54) is 25.3 Å². The summed E-state index contributed by atoms with van der Waals surface area (Å²) in [6.07, 6.45) is 0. The van der Waals surface area contributed by atoms with Crippen LogP contribution in [0.3, 0.4) is 0 Å². The van der Waals surface area contributed by atoms with E-state index >= 15 is 0 Å². The van der Waals surface area contributed by atoms with Crippen LogP contribution in [0.5, 0.6) is 11.5 Å². The molecular weight excluding hydrogens is 400 g/mol. The van der Waals surface area contributed by atoms with Crippen LogP contribution in [-0.4, -0.2) is 19.6 Å². The van der Waals surface area contributed by atoms with Gasteiger partial charge in [0.25, 0.3) is 5.91 Å². The van der Waals surface area contributed by atoms with E-state index in [0.717, 1.165) is 9.86 Å². The van der Waals surface area contributed by atoms with E-state index < -0.39 is 12.5 Å². The average molecular weight is 412 g/mol. The lowest BCUT2D eigenvalue weighted by molar-refractivity contribution is -0.0511. The van der Waals surface area contributed by atoms with Crippen molar-refractivity contribution in [2.75, 3.05) is 12.4 Å². The van der Waals surface area contributed by atoms with Crippen molar-refractivity contribution in [2.24, 2.45) is 0 Å². The zero-order valence-electron chi connectivity index (χ0n) is 12.9. The lowest BCUT2D eigenvalue weighted by Gasteiger charge is -2.11. The largest absolute Gasteiger partial charge is 0.493 e. The number of fused-ring (bicyclic) bond motifs is 1. The molecule has 0 saturated carbocycles. The molecule has 0 aliphatic rings.